The molecule has 2 rings (SSSR count). The summed E-state index contributed by atoms with van der Waals surface area (Å²) in [5.41, 5.74) is 3.16. The number of halogens is 2. The number of rotatable bonds is 3. The van der Waals surface area contributed by atoms with Gasteiger partial charge in [0.2, 0.25) is 0 Å². The van der Waals surface area contributed by atoms with E-state index in [1.807, 2.05) is 56.4 Å². The van der Waals surface area contributed by atoms with Crippen LogP contribution >= 0.6 is 23.2 Å². The maximum absolute atomic E-state index is 6.39. The molecular weight excluding hydrogens is 265 g/mol. The van der Waals surface area contributed by atoms with Crippen molar-refractivity contribution < 1.29 is 0 Å². The standard InChI is InChI=1S/C15H15Cl2N/c1-10-6-5-8-12(14(10)17)15(18-2)11-7-3-4-9-13(11)16/h3-9,15,18H,1-2H3. The van der Waals surface area contributed by atoms with Crippen LogP contribution in [0.3, 0.4) is 0 Å². The summed E-state index contributed by atoms with van der Waals surface area (Å²) < 4.78 is 0. The fraction of sp³-hybridized carbons (Fsp3) is 0.200. The summed E-state index contributed by atoms with van der Waals surface area (Å²) in [4.78, 5) is 0. The van der Waals surface area contributed by atoms with Gasteiger partial charge in [0.05, 0.1) is 6.04 Å². The maximum atomic E-state index is 6.39. The Labute approximate surface area is 118 Å². The van der Waals surface area contributed by atoms with E-state index >= 15 is 0 Å². The lowest BCUT2D eigenvalue weighted by Crippen LogP contribution is -2.18. The fourth-order valence-electron chi connectivity index (χ4n) is 2.08. The first kappa shape index (κ1) is 13.4. The largest absolute Gasteiger partial charge is 0.309 e. The molecule has 0 fully saturated rings. The molecule has 1 atom stereocenters. The van der Waals surface area contributed by atoms with Crippen LogP contribution in [-0.4, -0.2) is 7.05 Å². The molecule has 0 radical (unpaired) electrons. The molecular formula is C15H15Cl2N. The van der Waals surface area contributed by atoms with Gasteiger partial charge in [-0.25, -0.2) is 0 Å². The SMILES string of the molecule is CNC(c1ccccc1Cl)c1cccc(C)c1Cl. The van der Waals surface area contributed by atoms with E-state index in [9.17, 15) is 0 Å². The van der Waals surface area contributed by atoms with Crippen molar-refractivity contribution in [2.75, 3.05) is 7.05 Å². The average molecular weight is 280 g/mol. The fourth-order valence-corrected chi connectivity index (χ4v) is 2.56. The molecule has 1 N–H and O–H groups in total. The van der Waals surface area contributed by atoms with Crippen LogP contribution in [0.5, 0.6) is 0 Å². The van der Waals surface area contributed by atoms with Gasteiger partial charge in [-0.1, -0.05) is 59.6 Å². The molecule has 0 aliphatic heterocycles. The lowest BCUT2D eigenvalue weighted by Gasteiger charge is -2.20. The van der Waals surface area contributed by atoms with Crippen LogP contribution in [0, 0.1) is 6.92 Å². The molecule has 0 aliphatic rings. The molecule has 0 saturated heterocycles. The minimum atomic E-state index is 0.00565. The minimum absolute atomic E-state index is 0.00565. The summed E-state index contributed by atoms with van der Waals surface area (Å²) in [5, 5.41) is 4.81. The molecule has 2 aromatic carbocycles. The lowest BCUT2D eigenvalue weighted by atomic mass is 9.97. The van der Waals surface area contributed by atoms with Gasteiger partial charge in [-0.2, -0.15) is 0 Å². The van der Waals surface area contributed by atoms with Gasteiger partial charge in [0.1, 0.15) is 0 Å². The molecule has 0 heterocycles. The summed E-state index contributed by atoms with van der Waals surface area (Å²) in [6.45, 7) is 2.01. The zero-order chi connectivity index (χ0) is 13.1. The number of hydrogen-bond donors (Lipinski definition) is 1. The highest BCUT2D eigenvalue weighted by Gasteiger charge is 2.18. The van der Waals surface area contributed by atoms with E-state index in [-0.39, 0.29) is 6.04 Å². The van der Waals surface area contributed by atoms with Crippen LogP contribution in [0.4, 0.5) is 0 Å². The highest BCUT2D eigenvalue weighted by Crippen LogP contribution is 2.33. The predicted molar refractivity (Wildman–Crippen MR) is 78.5 cm³/mol. The van der Waals surface area contributed by atoms with Gasteiger partial charge >= 0.3 is 0 Å². The molecule has 1 unspecified atom stereocenters. The van der Waals surface area contributed by atoms with Crippen molar-refractivity contribution >= 4 is 23.2 Å². The molecule has 0 aromatic heterocycles. The van der Waals surface area contributed by atoms with Crippen molar-refractivity contribution in [2.45, 2.75) is 13.0 Å². The molecule has 18 heavy (non-hydrogen) atoms. The van der Waals surface area contributed by atoms with E-state index in [0.29, 0.717) is 0 Å². The second-order valence-corrected chi connectivity index (χ2v) is 5.01. The van der Waals surface area contributed by atoms with Crippen molar-refractivity contribution in [2.24, 2.45) is 0 Å². The van der Waals surface area contributed by atoms with E-state index in [2.05, 4.69) is 5.32 Å². The molecule has 1 nitrogen and oxygen atoms in total. The Morgan fingerprint density at radius 2 is 1.61 bits per heavy atom. The predicted octanol–water partition coefficient (Wildman–Crippen LogP) is 4.61. The Balaban J connectivity index is 2.53. The second kappa shape index (κ2) is 5.75. The smallest absolute Gasteiger partial charge is 0.0603 e. The summed E-state index contributed by atoms with van der Waals surface area (Å²) in [6.07, 6.45) is 0. The minimum Gasteiger partial charge on any atom is -0.309 e. The van der Waals surface area contributed by atoms with Crippen molar-refractivity contribution in [1.29, 1.82) is 0 Å². The lowest BCUT2D eigenvalue weighted by molar-refractivity contribution is 0.691. The second-order valence-electron chi connectivity index (χ2n) is 4.22. The van der Waals surface area contributed by atoms with Crippen LogP contribution in [0.2, 0.25) is 10.0 Å². The third kappa shape index (κ3) is 2.54. The number of nitrogens with one attached hydrogen (secondary N) is 1. The van der Waals surface area contributed by atoms with Gasteiger partial charge in [-0.3, -0.25) is 0 Å². The third-order valence-electron chi connectivity index (χ3n) is 3.04. The van der Waals surface area contributed by atoms with Gasteiger partial charge < -0.3 is 5.32 Å². The van der Waals surface area contributed by atoms with E-state index in [0.717, 1.165) is 26.7 Å². The molecule has 0 saturated carbocycles. The first-order valence-electron chi connectivity index (χ1n) is 5.82. The molecule has 2 aromatic rings. The normalized spacial score (nSPS) is 12.4. The number of hydrogen-bond acceptors (Lipinski definition) is 1. The van der Waals surface area contributed by atoms with Gasteiger partial charge in [0.15, 0.2) is 0 Å². The molecule has 0 bridgehead atoms. The van der Waals surface area contributed by atoms with Gasteiger partial charge in [-0.15, -0.1) is 0 Å². The van der Waals surface area contributed by atoms with Crippen molar-refractivity contribution in [3.63, 3.8) is 0 Å². The van der Waals surface area contributed by atoms with Crippen molar-refractivity contribution in [1.82, 2.24) is 5.32 Å². The molecule has 3 heteroatoms. The summed E-state index contributed by atoms with van der Waals surface area (Å²) in [6, 6.07) is 13.9. The summed E-state index contributed by atoms with van der Waals surface area (Å²) >= 11 is 12.6. The zero-order valence-electron chi connectivity index (χ0n) is 10.4. The number of aryl methyl sites for hydroxylation is 1. The monoisotopic (exact) mass is 279 g/mol. The Morgan fingerprint density at radius 1 is 0.944 bits per heavy atom. The van der Waals surface area contributed by atoms with Crippen LogP contribution in [0.25, 0.3) is 0 Å². The van der Waals surface area contributed by atoms with Gasteiger partial charge in [0, 0.05) is 10.0 Å². The highest BCUT2D eigenvalue weighted by molar-refractivity contribution is 6.32. The van der Waals surface area contributed by atoms with Crippen LogP contribution in [-0.2, 0) is 0 Å². The van der Waals surface area contributed by atoms with Crippen molar-refractivity contribution in [3.8, 4) is 0 Å². The number of benzene rings is 2. The quantitative estimate of drug-likeness (QED) is 0.865. The van der Waals surface area contributed by atoms with Crippen LogP contribution in [0.15, 0.2) is 42.5 Å². The molecule has 0 amide bonds. The van der Waals surface area contributed by atoms with E-state index in [1.165, 1.54) is 0 Å². The third-order valence-corrected chi connectivity index (χ3v) is 3.90. The first-order valence-corrected chi connectivity index (χ1v) is 6.57. The average Bonchev–Trinajstić information content (AvgIpc) is 2.37. The van der Waals surface area contributed by atoms with Crippen LogP contribution < -0.4 is 5.32 Å². The van der Waals surface area contributed by atoms with Gasteiger partial charge in [-0.05, 0) is 36.7 Å². The Hall–Kier alpha value is -1.02. The topological polar surface area (TPSA) is 12.0 Å². The van der Waals surface area contributed by atoms with E-state index < -0.39 is 0 Å². The van der Waals surface area contributed by atoms with E-state index in [1.54, 1.807) is 0 Å². The Bertz CT molecular complexity index is 552. The summed E-state index contributed by atoms with van der Waals surface area (Å²) in [5.74, 6) is 0. The van der Waals surface area contributed by atoms with E-state index in [4.69, 9.17) is 23.2 Å². The highest BCUT2D eigenvalue weighted by atomic mass is 35.5. The van der Waals surface area contributed by atoms with Crippen LogP contribution in [0.1, 0.15) is 22.7 Å². The molecule has 94 valence electrons. The first-order chi connectivity index (χ1) is 8.65. The summed E-state index contributed by atoms with van der Waals surface area (Å²) in [7, 11) is 1.91. The Morgan fingerprint density at radius 3 is 2.28 bits per heavy atom. The molecule has 0 aliphatic carbocycles. The Kier molecular flexibility index (Phi) is 4.28. The zero-order valence-corrected chi connectivity index (χ0v) is 11.9. The molecule has 0 spiro atoms. The van der Waals surface area contributed by atoms with Gasteiger partial charge in [0.25, 0.3) is 0 Å². The maximum Gasteiger partial charge on any atom is 0.0603 e. The van der Waals surface area contributed by atoms with Crippen molar-refractivity contribution in [3.05, 3.63) is 69.2 Å².